The molecule has 140 valence electrons. The Hall–Kier alpha value is -2.38. The van der Waals surface area contributed by atoms with Crippen LogP contribution in [0.5, 0.6) is 0 Å². The van der Waals surface area contributed by atoms with Gasteiger partial charge in [0.1, 0.15) is 0 Å². The van der Waals surface area contributed by atoms with Crippen LogP contribution in [0.2, 0.25) is 0 Å². The molecule has 0 spiro atoms. The third-order valence-corrected chi connectivity index (χ3v) is 6.08. The van der Waals surface area contributed by atoms with E-state index in [0.717, 1.165) is 11.1 Å². The van der Waals surface area contributed by atoms with E-state index in [4.69, 9.17) is 0 Å². The number of nitrogens with zero attached hydrogens (tertiary/aromatic N) is 1. The molecule has 0 aliphatic rings. The zero-order chi connectivity index (χ0) is 19.0. The average Bonchev–Trinajstić information content (AvgIpc) is 2.66. The number of rotatable bonds is 8. The molecule has 0 aliphatic heterocycles. The van der Waals surface area contributed by atoms with E-state index in [-0.39, 0.29) is 10.9 Å². The molecular formula is C19H25N3O3S. The number of nitrogens with one attached hydrogen (secondary N) is 2. The molecule has 0 unspecified atom stereocenters. The summed E-state index contributed by atoms with van der Waals surface area (Å²) in [6, 6.07) is 16.0. The van der Waals surface area contributed by atoms with Gasteiger partial charge in [0.05, 0.1) is 4.90 Å². The lowest BCUT2D eigenvalue weighted by Gasteiger charge is -2.18. The Morgan fingerprint density at radius 2 is 1.35 bits per heavy atom. The van der Waals surface area contributed by atoms with E-state index >= 15 is 0 Å². The van der Waals surface area contributed by atoms with Crippen molar-refractivity contribution in [2.24, 2.45) is 0 Å². The number of hydrogen-bond acceptors (Lipinski definition) is 3. The first-order valence-electron chi connectivity index (χ1n) is 8.62. The molecule has 0 fully saturated rings. The maximum atomic E-state index is 12.4. The molecule has 0 radical (unpaired) electrons. The Labute approximate surface area is 155 Å². The van der Waals surface area contributed by atoms with E-state index < -0.39 is 10.0 Å². The van der Waals surface area contributed by atoms with Gasteiger partial charge in [0.15, 0.2) is 0 Å². The Bertz CT molecular complexity index is 802. The summed E-state index contributed by atoms with van der Waals surface area (Å²) < 4.78 is 26.3. The van der Waals surface area contributed by atoms with Crippen LogP contribution in [0.4, 0.5) is 4.79 Å². The monoisotopic (exact) mass is 375 g/mol. The second-order valence-corrected chi connectivity index (χ2v) is 7.69. The Morgan fingerprint density at radius 3 is 1.85 bits per heavy atom. The first-order valence-corrected chi connectivity index (χ1v) is 10.1. The lowest BCUT2D eigenvalue weighted by molar-refractivity contribution is 0.240. The van der Waals surface area contributed by atoms with Gasteiger partial charge in [-0.1, -0.05) is 56.3 Å². The van der Waals surface area contributed by atoms with Gasteiger partial charge in [0.2, 0.25) is 10.0 Å². The molecule has 2 aromatic rings. The van der Waals surface area contributed by atoms with Crippen LogP contribution in [-0.4, -0.2) is 31.8 Å². The summed E-state index contributed by atoms with van der Waals surface area (Å²) in [5, 5.41) is 5.54. The largest absolute Gasteiger partial charge is 0.334 e. The smallest absolute Gasteiger partial charge is 0.315 e. The number of carbonyl (C=O) groups excluding carboxylic acids is 1. The highest BCUT2D eigenvalue weighted by atomic mass is 32.2. The van der Waals surface area contributed by atoms with Gasteiger partial charge in [-0.2, -0.15) is 4.31 Å². The summed E-state index contributed by atoms with van der Waals surface area (Å²) in [6.45, 7) is 5.27. The van der Waals surface area contributed by atoms with Gasteiger partial charge >= 0.3 is 6.03 Å². The molecule has 2 aromatic carbocycles. The first-order chi connectivity index (χ1) is 12.5. The fourth-order valence-electron chi connectivity index (χ4n) is 2.51. The predicted molar refractivity (Wildman–Crippen MR) is 102 cm³/mol. The minimum absolute atomic E-state index is 0.262. The molecule has 0 atom stereocenters. The molecule has 6 nitrogen and oxygen atoms in total. The van der Waals surface area contributed by atoms with Gasteiger partial charge in [-0.3, -0.25) is 0 Å². The van der Waals surface area contributed by atoms with Crippen LogP contribution in [0, 0.1) is 0 Å². The van der Waals surface area contributed by atoms with Gasteiger partial charge < -0.3 is 10.6 Å². The first kappa shape index (κ1) is 19.9. The van der Waals surface area contributed by atoms with Crippen molar-refractivity contribution in [3.8, 4) is 0 Å². The van der Waals surface area contributed by atoms with E-state index in [1.165, 1.54) is 4.31 Å². The molecule has 0 aromatic heterocycles. The molecule has 2 N–H and O–H groups in total. The Morgan fingerprint density at radius 1 is 0.846 bits per heavy atom. The molecule has 2 amide bonds. The predicted octanol–water partition coefficient (Wildman–Crippen LogP) is 2.72. The molecule has 0 saturated heterocycles. The standard InChI is InChI=1S/C19H25N3O3S/c1-3-22(4-2)26(24,25)18-12-10-17(11-13-18)15-21-19(23)20-14-16-8-6-5-7-9-16/h5-13H,3-4,14-15H2,1-2H3,(H2,20,21,23). The van der Waals surface area contributed by atoms with Crippen LogP contribution in [0.3, 0.4) is 0 Å². The van der Waals surface area contributed by atoms with Crippen molar-refractivity contribution >= 4 is 16.1 Å². The van der Waals surface area contributed by atoms with Crippen LogP contribution in [0.15, 0.2) is 59.5 Å². The molecule has 0 bridgehead atoms. The highest BCUT2D eigenvalue weighted by Gasteiger charge is 2.21. The van der Waals surface area contributed by atoms with Crippen molar-refractivity contribution in [1.82, 2.24) is 14.9 Å². The van der Waals surface area contributed by atoms with Crippen LogP contribution in [0.25, 0.3) is 0 Å². The fourth-order valence-corrected chi connectivity index (χ4v) is 3.97. The quantitative estimate of drug-likeness (QED) is 0.745. The average molecular weight is 375 g/mol. The van der Waals surface area contributed by atoms with Crippen molar-refractivity contribution in [3.63, 3.8) is 0 Å². The number of sulfonamides is 1. The summed E-state index contributed by atoms with van der Waals surface area (Å²) in [4.78, 5) is 12.1. The van der Waals surface area contributed by atoms with E-state index in [0.29, 0.717) is 26.2 Å². The van der Waals surface area contributed by atoms with Gasteiger partial charge in [0.25, 0.3) is 0 Å². The second-order valence-electron chi connectivity index (χ2n) is 5.76. The summed E-state index contributed by atoms with van der Waals surface area (Å²) in [6.07, 6.45) is 0. The summed E-state index contributed by atoms with van der Waals surface area (Å²) >= 11 is 0. The topological polar surface area (TPSA) is 78.5 Å². The zero-order valence-corrected chi connectivity index (χ0v) is 15.9. The van der Waals surface area contributed by atoms with Crippen LogP contribution >= 0.6 is 0 Å². The summed E-state index contributed by atoms with van der Waals surface area (Å²) in [7, 11) is -3.45. The van der Waals surface area contributed by atoms with Crippen LogP contribution in [0.1, 0.15) is 25.0 Å². The van der Waals surface area contributed by atoms with Gasteiger partial charge in [-0.15, -0.1) is 0 Å². The second kappa shape index (κ2) is 9.35. The molecule has 0 heterocycles. The van der Waals surface area contributed by atoms with Crippen molar-refractivity contribution < 1.29 is 13.2 Å². The number of amides is 2. The van der Waals surface area contributed by atoms with Crippen molar-refractivity contribution in [3.05, 3.63) is 65.7 Å². The van der Waals surface area contributed by atoms with Crippen molar-refractivity contribution in [1.29, 1.82) is 0 Å². The van der Waals surface area contributed by atoms with Crippen molar-refractivity contribution in [2.75, 3.05) is 13.1 Å². The number of hydrogen-bond donors (Lipinski definition) is 2. The molecule has 0 saturated carbocycles. The van der Waals surface area contributed by atoms with Gasteiger partial charge in [0, 0.05) is 26.2 Å². The third-order valence-electron chi connectivity index (χ3n) is 4.02. The highest BCUT2D eigenvalue weighted by Crippen LogP contribution is 2.16. The van der Waals surface area contributed by atoms with Crippen molar-refractivity contribution in [2.45, 2.75) is 31.8 Å². The molecule has 7 heteroatoms. The molecule has 0 aliphatic carbocycles. The van der Waals surface area contributed by atoms with Gasteiger partial charge in [-0.05, 0) is 23.3 Å². The Balaban J connectivity index is 1.88. The highest BCUT2D eigenvalue weighted by molar-refractivity contribution is 7.89. The molecule has 26 heavy (non-hydrogen) atoms. The van der Waals surface area contributed by atoms with E-state index in [9.17, 15) is 13.2 Å². The number of urea groups is 1. The fraction of sp³-hybridized carbons (Fsp3) is 0.316. The molecule has 2 rings (SSSR count). The maximum absolute atomic E-state index is 12.4. The van der Waals surface area contributed by atoms with Crippen LogP contribution < -0.4 is 10.6 Å². The number of benzene rings is 2. The minimum atomic E-state index is -3.45. The maximum Gasteiger partial charge on any atom is 0.315 e. The van der Waals surface area contributed by atoms with E-state index in [1.807, 2.05) is 44.2 Å². The van der Waals surface area contributed by atoms with E-state index in [1.54, 1.807) is 24.3 Å². The normalized spacial score (nSPS) is 11.3. The Kier molecular flexibility index (Phi) is 7.17. The lowest BCUT2D eigenvalue weighted by atomic mass is 10.2. The summed E-state index contributed by atoms with van der Waals surface area (Å²) in [5.41, 5.74) is 1.85. The zero-order valence-electron chi connectivity index (χ0n) is 15.1. The number of carbonyl (C=O) groups is 1. The lowest BCUT2D eigenvalue weighted by Crippen LogP contribution is -2.34. The van der Waals surface area contributed by atoms with Crippen LogP contribution in [-0.2, 0) is 23.1 Å². The summed E-state index contributed by atoms with van der Waals surface area (Å²) in [5.74, 6) is 0. The SMILES string of the molecule is CCN(CC)S(=O)(=O)c1ccc(CNC(=O)NCc2ccccc2)cc1. The molecular weight excluding hydrogens is 350 g/mol. The third kappa shape index (κ3) is 5.31. The van der Waals surface area contributed by atoms with E-state index in [2.05, 4.69) is 10.6 Å². The minimum Gasteiger partial charge on any atom is -0.334 e. The van der Waals surface area contributed by atoms with Gasteiger partial charge in [-0.25, -0.2) is 13.2 Å².